The van der Waals surface area contributed by atoms with Gasteiger partial charge >= 0.3 is 0 Å². The van der Waals surface area contributed by atoms with E-state index in [1.807, 2.05) is 42.1 Å². The van der Waals surface area contributed by atoms with Gasteiger partial charge in [-0.2, -0.15) is 11.8 Å². The van der Waals surface area contributed by atoms with Gasteiger partial charge in [0.05, 0.1) is 6.04 Å². The Morgan fingerprint density at radius 1 is 1.40 bits per heavy atom. The van der Waals surface area contributed by atoms with E-state index in [2.05, 4.69) is 12.2 Å². The third-order valence-corrected chi connectivity index (χ3v) is 5.12. The van der Waals surface area contributed by atoms with E-state index in [0.717, 1.165) is 17.7 Å². The molecule has 1 saturated carbocycles. The van der Waals surface area contributed by atoms with Crippen LogP contribution >= 0.6 is 11.8 Å². The van der Waals surface area contributed by atoms with Gasteiger partial charge in [-0.15, -0.1) is 0 Å². The van der Waals surface area contributed by atoms with Gasteiger partial charge in [-0.05, 0) is 30.6 Å². The number of hydrogen-bond donors (Lipinski definition) is 2. The van der Waals surface area contributed by atoms with Crippen LogP contribution in [0.3, 0.4) is 0 Å². The Labute approximate surface area is 125 Å². The highest BCUT2D eigenvalue weighted by Crippen LogP contribution is 2.29. The van der Waals surface area contributed by atoms with Crippen LogP contribution in [0.25, 0.3) is 0 Å². The van der Waals surface area contributed by atoms with E-state index in [-0.39, 0.29) is 5.91 Å². The largest absolute Gasteiger partial charge is 0.351 e. The van der Waals surface area contributed by atoms with Crippen LogP contribution in [0.2, 0.25) is 0 Å². The second-order valence-electron chi connectivity index (χ2n) is 5.34. The summed E-state index contributed by atoms with van der Waals surface area (Å²) in [5, 5.41) is 3.71. The summed E-state index contributed by atoms with van der Waals surface area (Å²) in [6.07, 6.45) is 4.10. The molecule has 4 heteroatoms. The maximum Gasteiger partial charge on any atom is 0.237 e. The van der Waals surface area contributed by atoms with Gasteiger partial charge in [0.15, 0.2) is 0 Å². The molecular formula is C16H24N2OS. The number of hydrogen-bond acceptors (Lipinski definition) is 3. The fourth-order valence-electron chi connectivity index (χ4n) is 2.76. The third kappa shape index (κ3) is 4.25. The van der Waals surface area contributed by atoms with Crippen molar-refractivity contribution in [3.8, 4) is 0 Å². The van der Waals surface area contributed by atoms with Gasteiger partial charge in [0.1, 0.15) is 0 Å². The van der Waals surface area contributed by atoms with Crippen LogP contribution in [-0.2, 0) is 11.2 Å². The molecular weight excluding hydrogens is 268 g/mol. The Morgan fingerprint density at radius 2 is 2.15 bits per heavy atom. The molecule has 0 radical (unpaired) electrons. The van der Waals surface area contributed by atoms with Crippen molar-refractivity contribution in [2.75, 3.05) is 5.75 Å². The van der Waals surface area contributed by atoms with Gasteiger partial charge < -0.3 is 11.1 Å². The number of amides is 1. The maximum atomic E-state index is 12.2. The second-order valence-corrected chi connectivity index (χ2v) is 6.85. The molecule has 2 unspecified atom stereocenters. The summed E-state index contributed by atoms with van der Waals surface area (Å²) in [7, 11) is 0. The van der Waals surface area contributed by atoms with Crippen molar-refractivity contribution in [1.82, 2.24) is 5.32 Å². The lowest BCUT2D eigenvalue weighted by molar-refractivity contribution is -0.123. The van der Waals surface area contributed by atoms with Gasteiger partial charge in [-0.25, -0.2) is 0 Å². The minimum atomic E-state index is -0.453. The molecule has 1 aromatic carbocycles. The standard InChI is InChI=1S/C16H24N2OS/c1-2-20-15-10-6-9-14(15)18-16(19)13(17)11-12-7-4-3-5-8-12/h3-5,7-8,13-15H,2,6,9-11,17H2,1H3,(H,18,19)/t13-,14?,15?/m0/s1. The summed E-state index contributed by atoms with van der Waals surface area (Å²) in [5.74, 6) is 1.09. The van der Waals surface area contributed by atoms with Gasteiger partial charge in [-0.1, -0.05) is 43.7 Å². The first-order valence-electron chi connectivity index (χ1n) is 7.42. The van der Waals surface area contributed by atoms with Crippen molar-refractivity contribution in [3.05, 3.63) is 35.9 Å². The molecule has 3 atom stereocenters. The van der Waals surface area contributed by atoms with Crippen LogP contribution in [0.4, 0.5) is 0 Å². The van der Waals surface area contributed by atoms with E-state index in [9.17, 15) is 4.79 Å². The van der Waals surface area contributed by atoms with Crippen LogP contribution in [0, 0.1) is 0 Å². The zero-order valence-electron chi connectivity index (χ0n) is 12.0. The number of nitrogens with one attached hydrogen (secondary N) is 1. The molecule has 0 aliphatic heterocycles. The smallest absolute Gasteiger partial charge is 0.237 e. The molecule has 0 bridgehead atoms. The molecule has 3 nitrogen and oxygen atoms in total. The normalized spacial score (nSPS) is 23.5. The monoisotopic (exact) mass is 292 g/mol. The highest BCUT2D eigenvalue weighted by molar-refractivity contribution is 7.99. The van der Waals surface area contributed by atoms with E-state index in [1.165, 1.54) is 12.8 Å². The molecule has 1 aliphatic carbocycles. The van der Waals surface area contributed by atoms with E-state index < -0.39 is 6.04 Å². The highest BCUT2D eigenvalue weighted by atomic mass is 32.2. The van der Waals surface area contributed by atoms with Crippen molar-refractivity contribution >= 4 is 17.7 Å². The van der Waals surface area contributed by atoms with Gasteiger partial charge in [-0.3, -0.25) is 4.79 Å². The molecule has 2 rings (SSSR count). The number of carbonyl (C=O) groups excluding carboxylic acids is 1. The van der Waals surface area contributed by atoms with Gasteiger partial charge in [0.25, 0.3) is 0 Å². The second kappa shape index (κ2) is 7.70. The summed E-state index contributed by atoms with van der Waals surface area (Å²) in [6.45, 7) is 2.17. The lowest BCUT2D eigenvalue weighted by Crippen LogP contribution is -2.48. The number of rotatable bonds is 6. The van der Waals surface area contributed by atoms with Crippen molar-refractivity contribution < 1.29 is 4.79 Å². The van der Waals surface area contributed by atoms with Gasteiger partial charge in [0, 0.05) is 11.3 Å². The Kier molecular flexibility index (Phi) is 5.92. The molecule has 3 N–H and O–H groups in total. The molecule has 20 heavy (non-hydrogen) atoms. The average Bonchev–Trinajstić information content (AvgIpc) is 2.87. The lowest BCUT2D eigenvalue weighted by Gasteiger charge is -2.22. The quantitative estimate of drug-likeness (QED) is 0.846. The van der Waals surface area contributed by atoms with Crippen LogP contribution < -0.4 is 11.1 Å². The zero-order chi connectivity index (χ0) is 14.4. The number of carbonyl (C=O) groups is 1. The predicted molar refractivity (Wildman–Crippen MR) is 85.8 cm³/mol. The van der Waals surface area contributed by atoms with Crippen molar-refractivity contribution in [1.29, 1.82) is 0 Å². The topological polar surface area (TPSA) is 55.1 Å². The van der Waals surface area contributed by atoms with Gasteiger partial charge in [0.2, 0.25) is 5.91 Å². The molecule has 1 aromatic rings. The molecule has 0 heterocycles. The van der Waals surface area contributed by atoms with Crippen molar-refractivity contribution in [3.63, 3.8) is 0 Å². The minimum absolute atomic E-state index is 0.0116. The molecule has 110 valence electrons. The number of thioether (sulfide) groups is 1. The van der Waals surface area contributed by atoms with Crippen LogP contribution in [0.15, 0.2) is 30.3 Å². The fourth-order valence-corrected chi connectivity index (χ4v) is 3.95. The fraction of sp³-hybridized carbons (Fsp3) is 0.562. The third-order valence-electron chi connectivity index (χ3n) is 3.80. The first kappa shape index (κ1) is 15.4. The van der Waals surface area contributed by atoms with Crippen LogP contribution in [-0.4, -0.2) is 29.0 Å². The van der Waals surface area contributed by atoms with Crippen molar-refractivity contribution in [2.24, 2.45) is 5.73 Å². The first-order chi connectivity index (χ1) is 9.70. The Morgan fingerprint density at radius 3 is 2.85 bits per heavy atom. The zero-order valence-corrected chi connectivity index (χ0v) is 12.9. The summed E-state index contributed by atoms with van der Waals surface area (Å²) in [5.41, 5.74) is 7.14. The Hall–Kier alpha value is -1.00. The van der Waals surface area contributed by atoms with E-state index >= 15 is 0 Å². The minimum Gasteiger partial charge on any atom is -0.351 e. The molecule has 1 fully saturated rings. The molecule has 1 amide bonds. The Balaban J connectivity index is 1.84. The highest BCUT2D eigenvalue weighted by Gasteiger charge is 2.29. The number of nitrogens with two attached hydrogens (primary N) is 1. The van der Waals surface area contributed by atoms with Crippen LogP contribution in [0.1, 0.15) is 31.7 Å². The number of benzene rings is 1. The van der Waals surface area contributed by atoms with E-state index in [0.29, 0.717) is 17.7 Å². The molecule has 0 spiro atoms. The Bertz CT molecular complexity index is 424. The average molecular weight is 292 g/mol. The lowest BCUT2D eigenvalue weighted by atomic mass is 10.1. The molecule has 0 aromatic heterocycles. The molecule has 1 aliphatic rings. The summed E-state index contributed by atoms with van der Waals surface area (Å²) in [6, 6.07) is 9.80. The predicted octanol–water partition coefficient (Wildman–Crippen LogP) is 2.35. The van der Waals surface area contributed by atoms with E-state index in [1.54, 1.807) is 0 Å². The SMILES string of the molecule is CCSC1CCCC1NC(=O)[C@@H](N)Cc1ccccc1. The van der Waals surface area contributed by atoms with E-state index in [4.69, 9.17) is 5.73 Å². The maximum absolute atomic E-state index is 12.2. The molecule has 0 saturated heterocycles. The summed E-state index contributed by atoms with van der Waals surface area (Å²) in [4.78, 5) is 12.2. The van der Waals surface area contributed by atoms with Crippen LogP contribution in [0.5, 0.6) is 0 Å². The first-order valence-corrected chi connectivity index (χ1v) is 8.47. The summed E-state index contributed by atoms with van der Waals surface area (Å²) < 4.78 is 0. The summed E-state index contributed by atoms with van der Waals surface area (Å²) >= 11 is 1.95. The van der Waals surface area contributed by atoms with Crippen molar-refractivity contribution in [2.45, 2.75) is 49.9 Å².